The number of aromatic carboxylic acids is 1. The van der Waals surface area contributed by atoms with E-state index in [-0.39, 0.29) is 17.2 Å². The molecule has 0 spiro atoms. The zero-order chi connectivity index (χ0) is 10.3. The Morgan fingerprint density at radius 2 is 2.29 bits per heavy atom. The second-order valence-corrected chi connectivity index (χ2v) is 3.48. The topological polar surface area (TPSA) is 72.2 Å². The van der Waals surface area contributed by atoms with Crippen molar-refractivity contribution in [2.45, 2.75) is 18.8 Å². The van der Waals surface area contributed by atoms with Crippen molar-refractivity contribution in [2.24, 2.45) is 7.05 Å². The molecule has 0 radical (unpaired) electrons. The van der Waals surface area contributed by atoms with E-state index in [4.69, 9.17) is 5.11 Å². The van der Waals surface area contributed by atoms with Gasteiger partial charge in [-0.1, -0.05) is 0 Å². The van der Waals surface area contributed by atoms with Crippen molar-refractivity contribution in [3.05, 3.63) is 27.9 Å². The number of carbonyl (C=O) groups is 1. The lowest BCUT2D eigenvalue weighted by Gasteiger charge is -2.05. The highest BCUT2D eigenvalue weighted by atomic mass is 16.4. The van der Waals surface area contributed by atoms with Crippen LogP contribution in [0.4, 0.5) is 0 Å². The molecule has 0 aliphatic heterocycles. The molecule has 0 aromatic carbocycles. The molecular weight excluding hydrogens is 184 g/mol. The molecule has 1 saturated carbocycles. The first-order valence-electron chi connectivity index (χ1n) is 4.41. The van der Waals surface area contributed by atoms with Gasteiger partial charge in [0.15, 0.2) is 5.69 Å². The van der Waals surface area contributed by atoms with Gasteiger partial charge in [0.25, 0.3) is 5.56 Å². The first kappa shape index (κ1) is 8.93. The van der Waals surface area contributed by atoms with E-state index in [2.05, 4.69) is 4.98 Å². The molecule has 74 valence electrons. The minimum atomic E-state index is -1.15. The summed E-state index contributed by atoms with van der Waals surface area (Å²) in [5.41, 5.74) is -0.464. The third-order valence-electron chi connectivity index (χ3n) is 2.33. The first-order chi connectivity index (χ1) is 6.59. The van der Waals surface area contributed by atoms with Gasteiger partial charge in [0.2, 0.25) is 0 Å². The van der Waals surface area contributed by atoms with E-state index >= 15 is 0 Å². The number of nitrogens with zero attached hydrogens (tertiary/aromatic N) is 2. The second kappa shape index (κ2) is 2.94. The standard InChI is InChI=1S/C9H10N2O3/c1-11-7(12)4-6(9(13)14)10-8(11)5-2-3-5/h4-5H,2-3H2,1H3,(H,13,14). The smallest absolute Gasteiger partial charge is 0.354 e. The minimum Gasteiger partial charge on any atom is -0.477 e. The fourth-order valence-corrected chi connectivity index (χ4v) is 1.37. The lowest BCUT2D eigenvalue weighted by molar-refractivity contribution is 0.0689. The van der Waals surface area contributed by atoms with Gasteiger partial charge in [-0.15, -0.1) is 0 Å². The number of hydrogen-bond acceptors (Lipinski definition) is 3. The predicted molar refractivity (Wildman–Crippen MR) is 48.4 cm³/mol. The van der Waals surface area contributed by atoms with Crippen LogP contribution in [0.2, 0.25) is 0 Å². The number of carboxylic acid groups (broad SMARTS) is 1. The van der Waals surface area contributed by atoms with Crippen LogP contribution in [0, 0.1) is 0 Å². The molecule has 0 atom stereocenters. The number of aromatic nitrogens is 2. The fourth-order valence-electron chi connectivity index (χ4n) is 1.37. The molecule has 5 heteroatoms. The summed E-state index contributed by atoms with van der Waals surface area (Å²) in [5, 5.41) is 8.72. The largest absolute Gasteiger partial charge is 0.477 e. The van der Waals surface area contributed by atoms with E-state index in [0.717, 1.165) is 18.9 Å². The second-order valence-electron chi connectivity index (χ2n) is 3.48. The van der Waals surface area contributed by atoms with Crippen LogP contribution >= 0.6 is 0 Å². The van der Waals surface area contributed by atoms with Crippen molar-refractivity contribution < 1.29 is 9.90 Å². The van der Waals surface area contributed by atoms with E-state index < -0.39 is 5.97 Å². The van der Waals surface area contributed by atoms with Gasteiger partial charge in [-0.3, -0.25) is 9.36 Å². The molecule has 1 heterocycles. The Balaban J connectivity index is 2.57. The van der Waals surface area contributed by atoms with Gasteiger partial charge >= 0.3 is 5.97 Å². The molecule has 0 unspecified atom stereocenters. The normalized spacial score (nSPS) is 15.5. The molecule has 5 nitrogen and oxygen atoms in total. The van der Waals surface area contributed by atoms with Crippen molar-refractivity contribution in [3.63, 3.8) is 0 Å². The highest BCUT2D eigenvalue weighted by Gasteiger charge is 2.28. The third-order valence-corrected chi connectivity index (χ3v) is 2.33. The van der Waals surface area contributed by atoms with Crippen molar-refractivity contribution in [1.29, 1.82) is 0 Å². The fraction of sp³-hybridized carbons (Fsp3) is 0.444. The van der Waals surface area contributed by atoms with E-state index in [9.17, 15) is 9.59 Å². The molecule has 1 fully saturated rings. The summed E-state index contributed by atoms with van der Waals surface area (Å²) < 4.78 is 1.42. The number of carboxylic acids is 1. The monoisotopic (exact) mass is 194 g/mol. The number of rotatable bonds is 2. The zero-order valence-corrected chi connectivity index (χ0v) is 7.73. The summed E-state index contributed by atoms with van der Waals surface area (Å²) in [6.45, 7) is 0. The van der Waals surface area contributed by atoms with Crippen molar-refractivity contribution in [1.82, 2.24) is 9.55 Å². The molecule has 1 aromatic heterocycles. The zero-order valence-electron chi connectivity index (χ0n) is 7.73. The van der Waals surface area contributed by atoms with Crippen LogP contribution in [0.1, 0.15) is 35.1 Å². The molecule has 2 rings (SSSR count). The SMILES string of the molecule is Cn1c(C2CC2)nc(C(=O)O)cc1=O. The molecule has 1 aromatic rings. The molecule has 0 amide bonds. The summed E-state index contributed by atoms with van der Waals surface area (Å²) in [5.74, 6) is -0.286. The maximum atomic E-state index is 11.4. The van der Waals surface area contributed by atoms with Crippen molar-refractivity contribution >= 4 is 5.97 Å². The number of hydrogen-bond donors (Lipinski definition) is 1. The van der Waals surface area contributed by atoms with Crippen molar-refractivity contribution in [3.8, 4) is 0 Å². The maximum Gasteiger partial charge on any atom is 0.354 e. The Kier molecular flexibility index (Phi) is 1.87. The van der Waals surface area contributed by atoms with Crippen LogP contribution in [-0.2, 0) is 7.05 Å². The Hall–Kier alpha value is -1.65. The van der Waals surface area contributed by atoms with Crippen molar-refractivity contribution in [2.75, 3.05) is 0 Å². The molecule has 1 aliphatic carbocycles. The van der Waals surface area contributed by atoms with E-state index in [0.29, 0.717) is 5.82 Å². The maximum absolute atomic E-state index is 11.4. The lowest BCUT2D eigenvalue weighted by Crippen LogP contribution is -2.23. The Morgan fingerprint density at radius 1 is 1.64 bits per heavy atom. The summed E-state index contributed by atoms with van der Waals surface area (Å²) in [4.78, 5) is 26.0. The Labute approximate surface area is 80.0 Å². The molecule has 1 N–H and O–H groups in total. The quantitative estimate of drug-likeness (QED) is 0.737. The van der Waals surface area contributed by atoms with E-state index in [1.807, 2.05) is 0 Å². The highest BCUT2D eigenvalue weighted by Crippen LogP contribution is 2.38. The van der Waals surface area contributed by atoms with Crippen LogP contribution in [0.25, 0.3) is 0 Å². The van der Waals surface area contributed by atoms with Gasteiger partial charge in [0.05, 0.1) is 0 Å². The molecule has 1 aliphatic rings. The Morgan fingerprint density at radius 3 is 2.79 bits per heavy atom. The third kappa shape index (κ3) is 1.41. The average molecular weight is 194 g/mol. The van der Waals surface area contributed by atoms with Gasteiger partial charge in [0.1, 0.15) is 5.82 Å². The van der Waals surface area contributed by atoms with Crippen LogP contribution in [0.3, 0.4) is 0 Å². The molecule has 14 heavy (non-hydrogen) atoms. The summed E-state index contributed by atoms with van der Waals surface area (Å²) >= 11 is 0. The molecule has 0 bridgehead atoms. The minimum absolute atomic E-state index is 0.157. The predicted octanol–water partition coefficient (Wildman–Crippen LogP) is 0.356. The van der Waals surface area contributed by atoms with Gasteiger partial charge in [-0.2, -0.15) is 0 Å². The Bertz CT molecular complexity index is 446. The van der Waals surface area contributed by atoms with E-state index in [1.165, 1.54) is 4.57 Å². The van der Waals surface area contributed by atoms with Crippen LogP contribution in [0.5, 0.6) is 0 Å². The average Bonchev–Trinajstić information content (AvgIpc) is 2.92. The van der Waals surface area contributed by atoms with Crippen LogP contribution in [-0.4, -0.2) is 20.6 Å². The summed E-state index contributed by atoms with van der Waals surface area (Å²) in [6, 6.07) is 1.05. The van der Waals surface area contributed by atoms with Gasteiger partial charge in [-0.05, 0) is 12.8 Å². The lowest BCUT2D eigenvalue weighted by atomic mass is 10.3. The van der Waals surface area contributed by atoms with Crippen LogP contribution in [0.15, 0.2) is 10.9 Å². The highest BCUT2D eigenvalue weighted by molar-refractivity contribution is 5.85. The first-order valence-corrected chi connectivity index (χ1v) is 4.41. The molecular formula is C9H10N2O3. The molecule has 0 saturated heterocycles. The van der Waals surface area contributed by atoms with Gasteiger partial charge in [0, 0.05) is 19.0 Å². The summed E-state index contributed by atoms with van der Waals surface area (Å²) in [6.07, 6.45) is 1.98. The van der Waals surface area contributed by atoms with Crippen LogP contribution < -0.4 is 5.56 Å². The summed E-state index contributed by atoms with van der Waals surface area (Å²) in [7, 11) is 1.62. The van der Waals surface area contributed by atoms with Gasteiger partial charge in [-0.25, -0.2) is 9.78 Å². The van der Waals surface area contributed by atoms with E-state index in [1.54, 1.807) is 7.05 Å². The van der Waals surface area contributed by atoms with Gasteiger partial charge < -0.3 is 5.11 Å².